The van der Waals surface area contributed by atoms with Crippen molar-refractivity contribution in [1.29, 1.82) is 0 Å². The summed E-state index contributed by atoms with van der Waals surface area (Å²) in [6.07, 6.45) is 1.56. The van der Waals surface area contributed by atoms with Gasteiger partial charge in [0.15, 0.2) is 5.96 Å². The van der Waals surface area contributed by atoms with Crippen LogP contribution in [0.3, 0.4) is 0 Å². The van der Waals surface area contributed by atoms with E-state index in [1.54, 1.807) is 7.05 Å². The van der Waals surface area contributed by atoms with Gasteiger partial charge < -0.3 is 14.6 Å². The number of guanidine groups is 1. The minimum absolute atomic E-state index is 0. The van der Waals surface area contributed by atoms with E-state index < -0.39 is 0 Å². The van der Waals surface area contributed by atoms with E-state index in [-0.39, 0.29) is 35.8 Å². The third kappa shape index (κ3) is 5.21. The van der Waals surface area contributed by atoms with E-state index >= 15 is 0 Å². The molecule has 0 spiro atoms. The van der Waals surface area contributed by atoms with Crippen LogP contribution in [0, 0.1) is 0 Å². The molecule has 27 heavy (non-hydrogen) atoms. The first-order valence-corrected chi connectivity index (χ1v) is 8.81. The molecule has 3 rings (SSSR count). The molecule has 0 atom stereocenters. The normalized spacial score (nSPS) is 15.0. The molecule has 0 aliphatic carbocycles. The fourth-order valence-corrected chi connectivity index (χ4v) is 3.14. The molecule has 2 amide bonds. The van der Waals surface area contributed by atoms with E-state index in [2.05, 4.69) is 10.3 Å². The van der Waals surface area contributed by atoms with Crippen LogP contribution in [0.1, 0.15) is 25.0 Å². The van der Waals surface area contributed by atoms with Gasteiger partial charge in [-0.05, 0) is 18.6 Å². The smallest absolute Gasteiger partial charge is 0.229 e. The molecule has 1 aromatic carbocycles. The number of nitrogens with one attached hydrogen (secondary N) is 1. The molecule has 1 N–H and O–H groups in total. The average molecular weight is 484 g/mol. The standard InChI is InChI=1S/C19H24N4O3.HI/c1-20-19(21-10-11-23-17(24)8-5-9-18(23)25)22(2)13-15-12-14-6-3-4-7-16(14)26-15;/h3-4,6-7,12H,5,8-11,13H2,1-2H3,(H,20,21);1H. The Morgan fingerprint density at radius 1 is 1.26 bits per heavy atom. The largest absolute Gasteiger partial charge is 0.459 e. The minimum atomic E-state index is -0.0892. The first kappa shape index (κ1) is 21.2. The van der Waals surface area contributed by atoms with Gasteiger partial charge in [-0.2, -0.15) is 0 Å². The second-order valence-corrected chi connectivity index (χ2v) is 6.37. The molecule has 0 radical (unpaired) electrons. The van der Waals surface area contributed by atoms with Crippen LogP contribution in [0.5, 0.6) is 0 Å². The Hall–Kier alpha value is -2.10. The predicted octanol–water partition coefficient (Wildman–Crippen LogP) is 2.60. The fourth-order valence-electron chi connectivity index (χ4n) is 3.14. The SMILES string of the molecule is CN=C(NCCN1C(=O)CCCC1=O)N(C)Cc1cc2ccccc2o1.I. The van der Waals surface area contributed by atoms with Gasteiger partial charge in [0.1, 0.15) is 11.3 Å². The quantitative estimate of drug-likeness (QED) is 0.306. The van der Waals surface area contributed by atoms with Crippen LogP contribution < -0.4 is 5.32 Å². The van der Waals surface area contributed by atoms with Crippen molar-refractivity contribution in [2.45, 2.75) is 25.8 Å². The number of carbonyl (C=O) groups excluding carboxylic acids is 2. The fraction of sp³-hybridized carbons (Fsp3) is 0.421. The van der Waals surface area contributed by atoms with Gasteiger partial charge in [0, 0.05) is 45.4 Å². The maximum atomic E-state index is 11.8. The number of carbonyl (C=O) groups is 2. The van der Waals surface area contributed by atoms with Crippen LogP contribution in [0.4, 0.5) is 0 Å². The van der Waals surface area contributed by atoms with Crippen molar-refractivity contribution in [2.75, 3.05) is 27.2 Å². The van der Waals surface area contributed by atoms with E-state index in [0.29, 0.717) is 44.9 Å². The molecule has 8 heteroatoms. The number of amides is 2. The lowest BCUT2D eigenvalue weighted by Crippen LogP contribution is -2.46. The van der Waals surface area contributed by atoms with Crippen molar-refractivity contribution in [3.63, 3.8) is 0 Å². The second kappa shape index (κ2) is 9.72. The number of piperidine rings is 1. The summed E-state index contributed by atoms with van der Waals surface area (Å²) in [7, 11) is 3.62. The molecule has 0 bridgehead atoms. The third-order valence-electron chi connectivity index (χ3n) is 4.44. The number of halogens is 1. The number of aliphatic imine (C=N–C) groups is 1. The number of rotatable bonds is 5. The van der Waals surface area contributed by atoms with Gasteiger partial charge >= 0.3 is 0 Å². The molecule has 0 saturated carbocycles. The Labute approximate surface area is 175 Å². The summed E-state index contributed by atoms with van der Waals surface area (Å²) in [5, 5.41) is 4.27. The van der Waals surface area contributed by atoms with Gasteiger partial charge in [-0.3, -0.25) is 19.5 Å². The zero-order valence-corrected chi connectivity index (χ0v) is 17.9. The molecule has 0 unspecified atom stereocenters. The van der Waals surface area contributed by atoms with Crippen molar-refractivity contribution in [3.05, 3.63) is 36.1 Å². The number of furan rings is 1. The molecule has 1 fully saturated rings. The van der Waals surface area contributed by atoms with Gasteiger partial charge in [0.25, 0.3) is 0 Å². The number of benzene rings is 1. The minimum Gasteiger partial charge on any atom is -0.459 e. The molecular formula is C19H25IN4O3. The lowest BCUT2D eigenvalue weighted by atomic mass is 10.1. The Bertz CT molecular complexity index is 784. The van der Waals surface area contributed by atoms with Crippen molar-refractivity contribution >= 4 is 52.7 Å². The highest BCUT2D eigenvalue weighted by Gasteiger charge is 2.25. The predicted molar refractivity (Wildman–Crippen MR) is 115 cm³/mol. The Kier molecular flexibility index (Phi) is 7.64. The zero-order valence-electron chi connectivity index (χ0n) is 15.6. The van der Waals surface area contributed by atoms with Gasteiger partial charge in [0.05, 0.1) is 6.54 Å². The Morgan fingerprint density at radius 3 is 2.63 bits per heavy atom. The van der Waals surface area contributed by atoms with Gasteiger partial charge in [-0.15, -0.1) is 24.0 Å². The lowest BCUT2D eigenvalue weighted by Gasteiger charge is -2.26. The summed E-state index contributed by atoms with van der Waals surface area (Å²) < 4.78 is 5.84. The second-order valence-electron chi connectivity index (χ2n) is 6.37. The van der Waals surface area contributed by atoms with Crippen molar-refractivity contribution in [3.8, 4) is 0 Å². The molecule has 1 saturated heterocycles. The van der Waals surface area contributed by atoms with Crippen LogP contribution >= 0.6 is 24.0 Å². The highest BCUT2D eigenvalue weighted by molar-refractivity contribution is 14.0. The molecule has 1 aromatic heterocycles. The molecule has 2 heterocycles. The maximum Gasteiger partial charge on any atom is 0.229 e. The summed E-state index contributed by atoms with van der Waals surface area (Å²) in [6, 6.07) is 9.91. The Morgan fingerprint density at radius 2 is 1.96 bits per heavy atom. The summed E-state index contributed by atoms with van der Waals surface area (Å²) in [5.74, 6) is 1.35. The first-order valence-electron chi connectivity index (χ1n) is 8.81. The van der Waals surface area contributed by atoms with E-state index in [1.807, 2.05) is 42.3 Å². The van der Waals surface area contributed by atoms with Gasteiger partial charge in [-0.1, -0.05) is 18.2 Å². The summed E-state index contributed by atoms with van der Waals surface area (Å²) in [6.45, 7) is 1.39. The lowest BCUT2D eigenvalue weighted by molar-refractivity contribution is -0.147. The number of likely N-dealkylation sites (tertiary alicyclic amines) is 1. The van der Waals surface area contributed by atoms with Crippen molar-refractivity contribution in [1.82, 2.24) is 15.1 Å². The molecule has 146 valence electrons. The third-order valence-corrected chi connectivity index (χ3v) is 4.44. The number of hydrogen-bond donors (Lipinski definition) is 1. The van der Waals surface area contributed by atoms with Gasteiger partial charge in [0.2, 0.25) is 11.8 Å². The monoisotopic (exact) mass is 484 g/mol. The number of hydrogen-bond acceptors (Lipinski definition) is 4. The first-order chi connectivity index (χ1) is 12.6. The molecule has 2 aromatic rings. The topological polar surface area (TPSA) is 78.2 Å². The van der Waals surface area contributed by atoms with Crippen LogP contribution in [0.15, 0.2) is 39.7 Å². The van der Waals surface area contributed by atoms with E-state index in [9.17, 15) is 9.59 Å². The molecule has 1 aliphatic rings. The van der Waals surface area contributed by atoms with Crippen LogP contribution in [0.2, 0.25) is 0 Å². The van der Waals surface area contributed by atoms with Crippen LogP contribution in [0.25, 0.3) is 11.0 Å². The molecular weight excluding hydrogens is 459 g/mol. The summed E-state index contributed by atoms with van der Waals surface area (Å²) in [5.41, 5.74) is 0.862. The van der Waals surface area contributed by atoms with Crippen LogP contribution in [-0.4, -0.2) is 54.8 Å². The highest BCUT2D eigenvalue weighted by Crippen LogP contribution is 2.19. The van der Waals surface area contributed by atoms with E-state index in [0.717, 1.165) is 16.7 Å². The van der Waals surface area contributed by atoms with Crippen molar-refractivity contribution < 1.29 is 14.0 Å². The van der Waals surface area contributed by atoms with Gasteiger partial charge in [-0.25, -0.2) is 0 Å². The number of fused-ring (bicyclic) bond motifs is 1. The van der Waals surface area contributed by atoms with E-state index in [1.165, 1.54) is 4.90 Å². The number of imide groups is 1. The summed E-state index contributed by atoms with van der Waals surface area (Å²) in [4.78, 5) is 31.2. The zero-order chi connectivity index (χ0) is 18.5. The molecule has 1 aliphatic heterocycles. The average Bonchev–Trinajstić information content (AvgIpc) is 3.03. The number of nitrogens with zero attached hydrogens (tertiary/aromatic N) is 3. The van der Waals surface area contributed by atoms with Crippen molar-refractivity contribution in [2.24, 2.45) is 4.99 Å². The van der Waals surface area contributed by atoms with Crippen LogP contribution in [-0.2, 0) is 16.1 Å². The highest BCUT2D eigenvalue weighted by atomic mass is 127. The Balaban J connectivity index is 0.00000261. The molecule has 7 nitrogen and oxygen atoms in total. The maximum absolute atomic E-state index is 11.8. The summed E-state index contributed by atoms with van der Waals surface area (Å²) >= 11 is 0. The number of para-hydroxylation sites is 1. The van der Waals surface area contributed by atoms with E-state index in [4.69, 9.17) is 4.42 Å².